The maximum absolute atomic E-state index is 10.5. The van der Waals surface area contributed by atoms with Crippen LogP contribution in [0, 0.1) is 6.92 Å². The van der Waals surface area contributed by atoms with Crippen molar-refractivity contribution in [2.45, 2.75) is 26.5 Å². The topological polar surface area (TPSA) is 61.5 Å². The van der Waals surface area contributed by atoms with E-state index in [2.05, 4.69) is 16.9 Å². The van der Waals surface area contributed by atoms with Crippen LogP contribution >= 0.6 is 0 Å². The van der Waals surface area contributed by atoms with Gasteiger partial charge in [-0.25, -0.2) is 4.68 Å². The minimum absolute atomic E-state index is 0.171. The molecule has 0 aliphatic heterocycles. The van der Waals surface area contributed by atoms with Crippen molar-refractivity contribution in [3.8, 4) is 11.4 Å². The van der Waals surface area contributed by atoms with Gasteiger partial charge in [-0.2, -0.15) is 5.10 Å². The molecule has 0 spiro atoms. The van der Waals surface area contributed by atoms with Crippen molar-refractivity contribution < 1.29 is 10.2 Å². The minimum atomic E-state index is -0.647. The Bertz CT molecular complexity index is 845. The third kappa shape index (κ3) is 4.31. The number of aromatic nitrogens is 2. The van der Waals surface area contributed by atoms with Crippen molar-refractivity contribution in [1.82, 2.24) is 14.7 Å². The molecule has 1 aromatic heterocycles. The van der Waals surface area contributed by atoms with Crippen LogP contribution in [-0.2, 0) is 6.54 Å². The second kappa shape index (κ2) is 8.17. The van der Waals surface area contributed by atoms with E-state index in [9.17, 15) is 10.2 Å². The predicted octanol–water partition coefficient (Wildman–Crippen LogP) is 3.44. The third-order valence-corrected chi connectivity index (χ3v) is 4.55. The van der Waals surface area contributed by atoms with E-state index in [1.54, 1.807) is 18.2 Å². The van der Waals surface area contributed by atoms with Gasteiger partial charge in [-0.05, 0) is 43.3 Å². The van der Waals surface area contributed by atoms with Crippen LogP contribution < -0.4 is 0 Å². The summed E-state index contributed by atoms with van der Waals surface area (Å²) in [5, 5.41) is 24.7. The molecule has 0 saturated carbocycles. The number of aliphatic hydroxyl groups is 1. The first kappa shape index (κ1) is 18.2. The monoisotopic (exact) mass is 351 g/mol. The van der Waals surface area contributed by atoms with Gasteiger partial charge in [-0.3, -0.25) is 4.90 Å². The lowest BCUT2D eigenvalue weighted by Crippen LogP contribution is -2.28. The van der Waals surface area contributed by atoms with Crippen LogP contribution in [0.15, 0.2) is 60.8 Å². The average Bonchev–Trinajstić information content (AvgIpc) is 3.02. The van der Waals surface area contributed by atoms with Crippen molar-refractivity contribution in [2.24, 2.45) is 0 Å². The van der Waals surface area contributed by atoms with Crippen molar-refractivity contribution in [3.05, 3.63) is 77.6 Å². The van der Waals surface area contributed by atoms with E-state index in [1.807, 2.05) is 54.2 Å². The number of aromatic hydroxyl groups is 1. The Morgan fingerprint density at radius 2 is 1.88 bits per heavy atom. The highest BCUT2D eigenvalue weighted by Crippen LogP contribution is 2.20. The zero-order chi connectivity index (χ0) is 18.5. The molecule has 0 bridgehead atoms. The van der Waals surface area contributed by atoms with Gasteiger partial charge in [0.1, 0.15) is 5.75 Å². The standard InChI is InChI=1S/C21H25N3O2/c1-3-23(15-21(26)17-8-7-11-20(25)12-17)13-18-14-24(22-16(18)2)19-9-5-4-6-10-19/h4-12,14,21,25-26H,3,13,15H2,1-2H3. The number of aliphatic hydroxyl groups excluding tert-OH is 1. The zero-order valence-corrected chi connectivity index (χ0v) is 15.2. The molecule has 26 heavy (non-hydrogen) atoms. The summed E-state index contributed by atoms with van der Waals surface area (Å²) in [6, 6.07) is 16.8. The number of hydrogen-bond acceptors (Lipinski definition) is 4. The summed E-state index contributed by atoms with van der Waals surface area (Å²) in [6.45, 7) is 6.10. The highest BCUT2D eigenvalue weighted by atomic mass is 16.3. The van der Waals surface area contributed by atoms with E-state index < -0.39 is 6.10 Å². The molecule has 0 fully saturated rings. The Hall–Kier alpha value is -2.63. The van der Waals surface area contributed by atoms with Gasteiger partial charge in [0.2, 0.25) is 0 Å². The van der Waals surface area contributed by atoms with Gasteiger partial charge in [0.15, 0.2) is 0 Å². The fraction of sp³-hybridized carbons (Fsp3) is 0.286. The molecule has 1 unspecified atom stereocenters. The molecule has 1 heterocycles. The fourth-order valence-electron chi connectivity index (χ4n) is 2.99. The van der Waals surface area contributed by atoms with Crippen LogP contribution in [0.2, 0.25) is 0 Å². The summed E-state index contributed by atoms with van der Waals surface area (Å²) in [7, 11) is 0. The summed E-state index contributed by atoms with van der Waals surface area (Å²) in [5.41, 5.74) is 3.88. The van der Waals surface area contributed by atoms with Crippen LogP contribution in [0.25, 0.3) is 5.69 Å². The maximum Gasteiger partial charge on any atom is 0.115 e. The van der Waals surface area contributed by atoms with Crippen LogP contribution in [0.1, 0.15) is 29.8 Å². The molecule has 0 amide bonds. The predicted molar refractivity (Wildman–Crippen MR) is 102 cm³/mol. The van der Waals surface area contributed by atoms with Gasteiger partial charge in [0.05, 0.1) is 17.5 Å². The molecule has 3 aromatic rings. The molecule has 0 aliphatic rings. The second-order valence-electron chi connectivity index (χ2n) is 6.46. The Balaban J connectivity index is 1.71. The number of nitrogens with zero attached hydrogens (tertiary/aromatic N) is 3. The molecule has 5 heteroatoms. The Kier molecular flexibility index (Phi) is 5.71. The number of para-hydroxylation sites is 1. The lowest BCUT2D eigenvalue weighted by molar-refractivity contribution is 0.112. The Morgan fingerprint density at radius 3 is 2.58 bits per heavy atom. The zero-order valence-electron chi connectivity index (χ0n) is 15.2. The molecule has 1 atom stereocenters. The number of aryl methyl sites for hydroxylation is 1. The van der Waals surface area contributed by atoms with Crippen molar-refractivity contribution in [2.75, 3.05) is 13.1 Å². The normalized spacial score (nSPS) is 12.5. The summed E-state index contributed by atoms with van der Waals surface area (Å²) in [5.74, 6) is 0.171. The first-order chi connectivity index (χ1) is 12.6. The van der Waals surface area contributed by atoms with Gasteiger partial charge in [0, 0.05) is 24.8 Å². The molecular weight excluding hydrogens is 326 g/mol. The lowest BCUT2D eigenvalue weighted by atomic mass is 10.1. The molecule has 0 aliphatic carbocycles. The highest BCUT2D eigenvalue weighted by molar-refractivity contribution is 5.32. The number of hydrogen-bond donors (Lipinski definition) is 2. The summed E-state index contributed by atoms with van der Waals surface area (Å²) >= 11 is 0. The van der Waals surface area contributed by atoms with Crippen molar-refractivity contribution >= 4 is 0 Å². The van der Waals surface area contributed by atoms with Gasteiger partial charge in [-0.1, -0.05) is 37.3 Å². The van der Waals surface area contributed by atoms with Crippen LogP contribution in [0.4, 0.5) is 0 Å². The largest absolute Gasteiger partial charge is 0.508 e. The fourth-order valence-corrected chi connectivity index (χ4v) is 2.99. The second-order valence-corrected chi connectivity index (χ2v) is 6.46. The van der Waals surface area contributed by atoms with Gasteiger partial charge < -0.3 is 10.2 Å². The van der Waals surface area contributed by atoms with Crippen LogP contribution in [-0.4, -0.2) is 38.0 Å². The summed E-state index contributed by atoms with van der Waals surface area (Å²) < 4.78 is 1.89. The van der Waals surface area contributed by atoms with E-state index in [-0.39, 0.29) is 5.75 Å². The first-order valence-corrected chi connectivity index (χ1v) is 8.86. The number of likely N-dealkylation sites (N-methyl/N-ethyl adjacent to an activating group) is 1. The molecule has 2 aromatic carbocycles. The van der Waals surface area contributed by atoms with E-state index >= 15 is 0 Å². The molecule has 0 radical (unpaired) electrons. The lowest BCUT2D eigenvalue weighted by Gasteiger charge is -2.23. The molecule has 2 N–H and O–H groups in total. The summed E-state index contributed by atoms with van der Waals surface area (Å²) in [4.78, 5) is 2.17. The smallest absolute Gasteiger partial charge is 0.115 e. The molecular formula is C21H25N3O2. The molecule has 0 saturated heterocycles. The number of rotatable bonds is 7. The van der Waals surface area contributed by atoms with Crippen LogP contribution in [0.5, 0.6) is 5.75 Å². The quantitative estimate of drug-likeness (QED) is 0.684. The Labute approximate surface area is 154 Å². The van der Waals surface area contributed by atoms with Crippen LogP contribution in [0.3, 0.4) is 0 Å². The summed E-state index contributed by atoms with van der Waals surface area (Å²) in [6.07, 6.45) is 1.40. The van der Waals surface area contributed by atoms with Gasteiger partial charge >= 0.3 is 0 Å². The number of benzene rings is 2. The highest BCUT2D eigenvalue weighted by Gasteiger charge is 2.16. The molecule has 3 rings (SSSR count). The average molecular weight is 351 g/mol. The van der Waals surface area contributed by atoms with Gasteiger partial charge in [-0.15, -0.1) is 0 Å². The van der Waals surface area contributed by atoms with Crippen molar-refractivity contribution in [1.29, 1.82) is 0 Å². The number of phenols is 1. The van der Waals surface area contributed by atoms with E-state index in [1.165, 1.54) is 0 Å². The van der Waals surface area contributed by atoms with E-state index in [0.29, 0.717) is 13.1 Å². The molecule has 136 valence electrons. The first-order valence-electron chi connectivity index (χ1n) is 8.86. The SMILES string of the molecule is CCN(Cc1cn(-c2ccccc2)nc1C)CC(O)c1cccc(O)c1. The van der Waals surface area contributed by atoms with Crippen molar-refractivity contribution in [3.63, 3.8) is 0 Å². The van der Waals surface area contributed by atoms with E-state index in [0.717, 1.165) is 29.1 Å². The molecule has 5 nitrogen and oxygen atoms in total. The van der Waals surface area contributed by atoms with E-state index in [4.69, 9.17) is 0 Å². The minimum Gasteiger partial charge on any atom is -0.508 e. The number of phenolic OH excluding ortho intramolecular Hbond substituents is 1. The third-order valence-electron chi connectivity index (χ3n) is 4.55. The Morgan fingerprint density at radius 1 is 1.12 bits per heavy atom. The maximum atomic E-state index is 10.5. The van der Waals surface area contributed by atoms with Gasteiger partial charge in [0.25, 0.3) is 0 Å².